The van der Waals surface area contributed by atoms with Crippen molar-refractivity contribution in [2.45, 2.75) is 19.9 Å². The standard InChI is InChI=1S/C16H19N5O2/c1-12-4-5-14(19-9-12)21-15(22)6-8-18-16(23)20-11-13-3-2-7-17-10-13/h2-5,7,9-10H,6,8,11H2,1H3,(H2,18,20,23)(H,19,21,22). The topological polar surface area (TPSA) is 96.0 Å². The minimum absolute atomic E-state index is 0.176. The van der Waals surface area contributed by atoms with Crippen molar-refractivity contribution in [3.05, 3.63) is 54.0 Å². The van der Waals surface area contributed by atoms with Gasteiger partial charge in [0.1, 0.15) is 5.82 Å². The van der Waals surface area contributed by atoms with Crippen molar-refractivity contribution in [2.75, 3.05) is 11.9 Å². The summed E-state index contributed by atoms with van der Waals surface area (Å²) in [5.74, 6) is 0.301. The molecule has 0 fully saturated rings. The van der Waals surface area contributed by atoms with Crippen molar-refractivity contribution in [1.82, 2.24) is 20.6 Å². The van der Waals surface area contributed by atoms with Crippen LogP contribution >= 0.6 is 0 Å². The molecule has 0 radical (unpaired) electrons. The molecular formula is C16H19N5O2. The minimum Gasteiger partial charge on any atom is -0.338 e. The van der Waals surface area contributed by atoms with Gasteiger partial charge in [-0.1, -0.05) is 12.1 Å². The van der Waals surface area contributed by atoms with Crippen LogP contribution in [0.1, 0.15) is 17.5 Å². The second-order valence-corrected chi connectivity index (χ2v) is 4.99. The van der Waals surface area contributed by atoms with Crippen LogP contribution in [0.2, 0.25) is 0 Å². The van der Waals surface area contributed by atoms with Crippen LogP contribution in [0.4, 0.5) is 10.6 Å². The molecule has 2 aromatic heterocycles. The molecule has 0 aliphatic carbocycles. The molecule has 7 heteroatoms. The summed E-state index contributed by atoms with van der Waals surface area (Å²) in [4.78, 5) is 31.4. The molecule has 2 heterocycles. The van der Waals surface area contributed by atoms with Gasteiger partial charge in [-0.05, 0) is 30.2 Å². The van der Waals surface area contributed by atoms with E-state index >= 15 is 0 Å². The fourth-order valence-corrected chi connectivity index (χ4v) is 1.78. The van der Waals surface area contributed by atoms with Crippen LogP contribution in [0, 0.1) is 6.92 Å². The maximum Gasteiger partial charge on any atom is 0.315 e. The van der Waals surface area contributed by atoms with Crippen molar-refractivity contribution in [2.24, 2.45) is 0 Å². The van der Waals surface area contributed by atoms with Gasteiger partial charge in [0.15, 0.2) is 0 Å². The molecule has 0 aliphatic heterocycles. The normalized spacial score (nSPS) is 9.96. The first-order valence-corrected chi connectivity index (χ1v) is 7.26. The van der Waals surface area contributed by atoms with Crippen molar-refractivity contribution in [3.63, 3.8) is 0 Å². The lowest BCUT2D eigenvalue weighted by Gasteiger charge is -2.08. The number of hydrogen-bond donors (Lipinski definition) is 3. The highest BCUT2D eigenvalue weighted by atomic mass is 16.2. The number of anilines is 1. The van der Waals surface area contributed by atoms with Gasteiger partial charge in [-0.3, -0.25) is 9.78 Å². The minimum atomic E-state index is -0.324. The zero-order chi connectivity index (χ0) is 16.5. The van der Waals surface area contributed by atoms with Gasteiger partial charge in [0.05, 0.1) is 0 Å². The van der Waals surface area contributed by atoms with Crippen LogP contribution < -0.4 is 16.0 Å². The molecule has 3 amide bonds. The molecular weight excluding hydrogens is 294 g/mol. The lowest BCUT2D eigenvalue weighted by atomic mass is 10.3. The molecule has 0 aromatic carbocycles. The van der Waals surface area contributed by atoms with E-state index in [-0.39, 0.29) is 24.9 Å². The summed E-state index contributed by atoms with van der Waals surface area (Å²) in [7, 11) is 0. The summed E-state index contributed by atoms with van der Waals surface area (Å²) in [6.45, 7) is 2.56. The van der Waals surface area contributed by atoms with E-state index in [9.17, 15) is 9.59 Å². The lowest BCUT2D eigenvalue weighted by molar-refractivity contribution is -0.116. The first-order valence-electron chi connectivity index (χ1n) is 7.26. The smallest absolute Gasteiger partial charge is 0.315 e. The van der Waals surface area contributed by atoms with Gasteiger partial charge < -0.3 is 16.0 Å². The maximum absolute atomic E-state index is 11.7. The first kappa shape index (κ1) is 16.4. The highest BCUT2D eigenvalue weighted by Gasteiger charge is 2.05. The number of hydrogen-bond acceptors (Lipinski definition) is 4. The Labute approximate surface area is 134 Å². The summed E-state index contributed by atoms with van der Waals surface area (Å²) >= 11 is 0. The Hall–Kier alpha value is -2.96. The molecule has 2 aromatic rings. The second-order valence-electron chi connectivity index (χ2n) is 4.99. The zero-order valence-electron chi connectivity index (χ0n) is 12.9. The molecule has 0 spiro atoms. The molecule has 0 unspecified atom stereocenters. The van der Waals surface area contributed by atoms with E-state index in [0.29, 0.717) is 12.4 Å². The van der Waals surface area contributed by atoms with Crippen molar-refractivity contribution in [3.8, 4) is 0 Å². The number of aryl methyl sites for hydroxylation is 1. The maximum atomic E-state index is 11.7. The van der Waals surface area contributed by atoms with E-state index in [1.54, 1.807) is 30.7 Å². The van der Waals surface area contributed by atoms with Gasteiger partial charge >= 0.3 is 6.03 Å². The van der Waals surface area contributed by atoms with Crippen LogP contribution in [0.15, 0.2) is 42.9 Å². The highest BCUT2D eigenvalue weighted by molar-refractivity contribution is 5.90. The second kappa shape index (κ2) is 8.47. The molecule has 0 aliphatic rings. The Bertz CT molecular complexity index is 643. The molecule has 0 bridgehead atoms. The Morgan fingerprint density at radius 2 is 2.00 bits per heavy atom. The number of carbonyl (C=O) groups excluding carboxylic acids is 2. The lowest BCUT2D eigenvalue weighted by Crippen LogP contribution is -2.36. The Balaban J connectivity index is 1.63. The van der Waals surface area contributed by atoms with Crippen LogP contribution in [0.5, 0.6) is 0 Å². The molecule has 7 nitrogen and oxygen atoms in total. The quantitative estimate of drug-likeness (QED) is 0.755. The predicted molar refractivity (Wildman–Crippen MR) is 86.7 cm³/mol. The van der Waals surface area contributed by atoms with Crippen LogP contribution in [-0.2, 0) is 11.3 Å². The van der Waals surface area contributed by atoms with E-state index in [0.717, 1.165) is 11.1 Å². The van der Waals surface area contributed by atoms with E-state index in [1.165, 1.54) is 0 Å². The van der Waals surface area contributed by atoms with E-state index < -0.39 is 0 Å². The molecule has 23 heavy (non-hydrogen) atoms. The summed E-state index contributed by atoms with van der Waals surface area (Å²) in [5.41, 5.74) is 1.93. The summed E-state index contributed by atoms with van der Waals surface area (Å²) in [6, 6.07) is 6.96. The Kier molecular flexibility index (Phi) is 6.05. The summed E-state index contributed by atoms with van der Waals surface area (Å²) < 4.78 is 0. The van der Waals surface area contributed by atoms with Gasteiger partial charge in [0, 0.05) is 38.1 Å². The van der Waals surface area contributed by atoms with Crippen molar-refractivity contribution in [1.29, 1.82) is 0 Å². The zero-order valence-corrected chi connectivity index (χ0v) is 12.9. The SMILES string of the molecule is Cc1ccc(NC(=O)CCNC(=O)NCc2cccnc2)nc1. The number of rotatable bonds is 6. The molecule has 0 saturated carbocycles. The molecule has 0 saturated heterocycles. The fourth-order valence-electron chi connectivity index (χ4n) is 1.78. The van der Waals surface area contributed by atoms with Gasteiger partial charge in [0.25, 0.3) is 0 Å². The average Bonchev–Trinajstić information content (AvgIpc) is 2.56. The third-order valence-electron chi connectivity index (χ3n) is 2.99. The van der Waals surface area contributed by atoms with Gasteiger partial charge in [0.2, 0.25) is 5.91 Å². The Morgan fingerprint density at radius 1 is 1.13 bits per heavy atom. The van der Waals surface area contributed by atoms with E-state index in [4.69, 9.17) is 0 Å². The summed E-state index contributed by atoms with van der Waals surface area (Å²) in [5, 5.41) is 7.99. The van der Waals surface area contributed by atoms with Crippen LogP contribution in [0.3, 0.4) is 0 Å². The first-order chi connectivity index (χ1) is 11.1. The summed E-state index contributed by atoms with van der Waals surface area (Å²) in [6.07, 6.45) is 5.21. The number of nitrogens with one attached hydrogen (secondary N) is 3. The highest BCUT2D eigenvalue weighted by Crippen LogP contribution is 2.03. The molecule has 0 atom stereocenters. The number of carbonyl (C=O) groups is 2. The van der Waals surface area contributed by atoms with Gasteiger partial charge in [-0.25, -0.2) is 9.78 Å². The Morgan fingerprint density at radius 3 is 2.70 bits per heavy atom. The average molecular weight is 313 g/mol. The molecule has 2 rings (SSSR count). The number of pyridine rings is 2. The third-order valence-corrected chi connectivity index (χ3v) is 2.99. The molecule has 120 valence electrons. The number of amides is 3. The monoisotopic (exact) mass is 313 g/mol. The fraction of sp³-hybridized carbons (Fsp3) is 0.250. The third kappa shape index (κ3) is 6.13. The molecule has 3 N–H and O–H groups in total. The van der Waals surface area contributed by atoms with Gasteiger partial charge in [-0.2, -0.15) is 0 Å². The van der Waals surface area contributed by atoms with E-state index in [1.807, 2.05) is 19.1 Å². The number of urea groups is 1. The van der Waals surface area contributed by atoms with Crippen molar-refractivity contribution >= 4 is 17.8 Å². The van der Waals surface area contributed by atoms with Crippen LogP contribution in [0.25, 0.3) is 0 Å². The van der Waals surface area contributed by atoms with Crippen LogP contribution in [-0.4, -0.2) is 28.5 Å². The van der Waals surface area contributed by atoms with Crippen molar-refractivity contribution < 1.29 is 9.59 Å². The largest absolute Gasteiger partial charge is 0.338 e. The number of nitrogens with zero attached hydrogens (tertiary/aromatic N) is 2. The number of aromatic nitrogens is 2. The van der Waals surface area contributed by atoms with Gasteiger partial charge in [-0.15, -0.1) is 0 Å². The predicted octanol–water partition coefficient (Wildman–Crippen LogP) is 1.61. The van der Waals surface area contributed by atoms with E-state index in [2.05, 4.69) is 25.9 Å².